The molecule has 0 saturated heterocycles. The summed E-state index contributed by atoms with van der Waals surface area (Å²) >= 11 is 0. The molecule has 1 N–H and O–H groups in total. The van der Waals surface area contributed by atoms with Gasteiger partial charge in [-0.1, -0.05) is 30.3 Å². The molecule has 1 heterocycles. The summed E-state index contributed by atoms with van der Waals surface area (Å²) in [5.41, 5.74) is 4.03. The molecule has 24 heavy (non-hydrogen) atoms. The Balaban J connectivity index is 1.61. The minimum atomic E-state index is -0.878. The summed E-state index contributed by atoms with van der Waals surface area (Å²) in [7, 11) is 0. The number of carbonyl (C=O) groups excluding carboxylic acids is 1. The molecule has 8 heteroatoms. The van der Waals surface area contributed by atoms with Crippen LogP contribution in [-0.4, -0.2) is 22.6 Å². The molecule has 2 atom stereocenters. The fourth-order valence-electron chi connectivity index (χ4n) is 2.48. The fraction of sp³-hybridized carbons (Fsp3) is 0.250. The van der Waals surface area contributed by atoms with Crippen LogP contribution in [0.3, 0.4) is 0 Å². The van der Waals surface area contributed by atoms with Crippen LogP contribution in [0, 0.1) is 10.1 Å². The third kappa shape index (κ3) is 3.60. The number of carbonyl (C=O) groups is 1. The Hall–Kier alpha value is -3.16. The fourth-order valence-corrected chi connectivity index (χ4v) is 2.48. The minimum absolute atomic E-state index is 0.0499. The van der Waals surface area contributed by atoms with E-state index >= 15 is 0 Å². The van der Waals surface area contributed by atoms with Gasteiger partial charge in [0.05, 0.1) is 0 Å². The molecule has 0 radical (unpaired) electrons. The molecule has 0 saturated carbocycles. The zero-order valence-corrected chi connectivity index (χ0v) is 12.7. The van der Waals surface area contributed by atoms with Gasteiger partial charge in [-0.25, -0.2) is 0 Å². The normalized spacial score (nSPS) is 26.2. The number of nitrogens with one attached hydrogen (secondary N) is 1. The summed E-state index contributed by atoms with van der Waals surface area (Å²) in [5, 5.41) is 23.1. The molecule has 0 bridgehead atoms. The van der Waals surface area contributed by atoms with Gasteiger partial charge in [-0.15, -0.1) is 5.11 Å². The van der Waals surface area contributed by atoms with Crippen LogP contribution in [-0.2, 0) is 4.79 Å². The highest BCUT2D eigenvalue weighted by Crippen LogP contribution is 2.27. The largest absolute Gasteiger partial charge is 0.290 e. The standard InChI is InChI=1S/C16H15N5O3/c22-15-7-6-13(21(23)24)8-12(15)10-17-19-16-9-14(18-20-16)11-4-2-1-3-5-11/h1-7,10,13-14,17H,8-9H2/b12-10-,19-16+. The number of nitrogens with zero attached hydrogens (tertiary/aromatic N) is 4. The Kier molecular flexibility index (Phi) is 4.55. The summed E-state index contributed by atoms with van der Waals surface area (Å²) in [4.78, 5) is 22.1. The van der Waals surface area contributed by atoms with Gasteiger partial charge in [0.1, 0.15) is 6.04 Å². The summed E-state index contributed by atoms with van der Waals surface area (Å²) < 4.78 is 0. The highest BCUT2D eigenvalue weighted by Gasteiger charge is 2.26. The van der Waals surface area contributed by atoms with Crippen molar-refractivity contribution in [2.45, 2.75) is 24.9 Å². The molecule has 2 aliphatic rings. The van der Waals surface area contributed by atoms with E-state index in [9.17, 15) is 14.9 Å². The van der Waals surface area contributed by atoms with E-state index in [-0.39, 0.29) is 18.2 Å². The summed E-state index contributed by atoms with van der Waals surface area (Å²) in [6.07, 6.45) is 4.53. The van der Waals surface area contributed by atoms with Gasteiger partial charge in [0.25, 0.3) is 0 Å². The summed E-state index contributed by atoms with van der Waals surface area (Å²) in [6.45, 7) is 0. The number of azo groups is 1. The molecule has 0 amide bonds. The van der Waals surface area contributed by atoms with Gasteiger partial charge in [0.15, 0.2) is 11.6 Å². The van der Waals surface area contributed by atoms with Crippen molar-refractivity contribution in [3.8, 4) is 0 Å². The highest BCUT2D eigenvalue weighted by molar-refractivity contribution is 6.04. The molecule has 0 aromatic heterocycles. The molecule has 1 aromatic rings. The van der Waals surface area contributed by atoms with Gasteiger partial charge < -0.3 is 0 Å². The number of amidine groups is 1. The number of rotatable bonds is 4. The Labute approximate surface area is 137 Å². The first-order valence-corrected chi connectivity index (χ1v) is 7.46. The SMILES string of the molecule is O=C1C=CC([N+](=O)[O-])C/C1=C/N/N=C1\CC(c2ccccc2)N=N1. The van der Waals surface area contributed by atoms with Crippen molar-refractivity contribution in [3.63, 3.8) is 0 Å². The maximum atomic E-state index is 11.7. The molecule has 0 fully saturated rings. The van der Waals surface area contributed by atoms with Gasteiger partial charge in [-0.05, 0) is 17.7 Å². The van der Waals surface area contributed by atoms with Crippen LogP contribution in [0.15, 0.2) is 69.6 Å². The van der Waals surface area contributed by atoms with Crippen LogP contribution in [0.2, 0.25) is 0 Å². The average Bonchev–Trinajstić information content (AvgIpc) is 3.06. The number of hydrogen-bond donors (Lipinski definition) is 1. The van der Waals surface area contributed by atoms with Gasteiger partial charge in [-0.2, -0.15) is 10.2 Å². The molecule has 1 aromatic carbocycles. The molecule has 1 aliphatic heterocycles. The smallest absolute Gasteiger partial charge is 0.235 e. The van der Waals surface area contributed by atoms with Crippen molar-refractivity contribution < 1.29 is 9.72 Å². The van der Waals surface area contributed by atoms with E-state index < -0.39 is 11.0 Å². The molecule has 1 aliphatic carbocycles. The highest BCUT2D eigenvalue weighted by atomic mass is 16.6. The van der Waals surface area contributed by atoms with E-state index in [0.29, 0.717) is 17.8 Å². The van der Waals surface area contributed by atoms with Crippen LogP contribution >= 0.6 is 0 Å². The molecule has 122 valence electrons. The van der Waals surface area contributed by atoms with Crippen LogP contribution < -0.4 is 5.43 Å². The monoisotopic (exact) mass is 325 g/mol. The maximum Gasteiger partial charge on any atom is 0.235 e. The van der Waals surface area contributed by atoms with E-state index in [1.54, 1.807) is 0 Å². The van der Waals surface area contributed by atoms with Gasteiger partial charge in [0.2, 0.25) is 6.04 Å². The Morgan fingerprint density at radius 1 is 1.29 bits per heavy atom. The lowest BCUT2D eigenvalue weighted by Crippen LogP contribution is -2.24. The van der Waals surface area contributed by atoms with Crippen molar-refractivity contribution in [2.75, 3.05) is 0 Å². The van der Waals surface area contributed by atoms with E-state index in [1.165, 1.54) is 18.4 Å². The van der Waals surface area contributed by atoms with Crippen molar-refractivity contribution >= 4 is 11.6 Å². The van der Waals surface area contributed by atoms with Gasteiger partial charge >= 0.3 is 0 Å². The quantitative estimate of drug-likeness (QED) is 0.521. The van der Waals surface area contributed by atoms with E-state index in [1.807, 2.05) is 30.3 Å². The summed E-state index contributed by atoms with van der Waals surface area (Å²) in [5.74, 6) is 0.265. The number of benzene rings is 1. The number of nitro groups is 1. The van der Waals surface area contributed by atoms with E-state index in [4.69, 9.17) is 0 Å². The molecular weight excluding hydrogens is 310 g/mol. The predicted octanol–water partition coefficient (Wildman–Crippen LogP) is 2.54. The lowest BCUT2D eigenvalue weighted by molar-refractivity contribution is -0.508. The van der Waals surface area contributed by atoms with Crippen molar-refractivity contribution in [2.24, 2.45) is 15.3 Å². The summed E-state index contributed by atoms with van der Waals surface area (Å²) in [6, 6.07) is 8.84. The Morgan fingerprint density at radius 3 is 2.83 bits per heavy atom. The number of ketones is 1. The third-order valence-corrected chi connectivity index (χ3v) is 3.79. The average molecular weight is 325 g/mol. The zero-order valence-electron chi connectivity index (χ0n) is 12.7. The molecule has 0 spiro atoms. The van der Waals surface area contributed by atoms with Crippen molar-refractivity contribution in [1.29, 1.82) is 0 Å². The Bertz CT molecular complexity index is 767. The van der Waals surface area contributed by atoms with Gasteiger partial charge in [-0.3, -0.25) is 20.3 Å². The van der Waals surface area contributed by atoms with E-state index in [2.05, 4.69) is 20.8 Å². The van der Waals surface area contributed by atoms with Crippen molar-refractivity contribution in [1.82, 2.24) is 5.43 Å². The second kappa shape index (κ2) is 6.95. The maximum absolute atomic E-state index is 11.7. The molecule has 2 unspecified atom stereocenters. The van der Waals surface area contributed by atoms with Crippen LogP contribution in [0.5, 0.6) is 0 Å². The van der Waals surface area contributed by atoms with E-state index in [0.717, 1.165) is 5.56 Å². The zero-order chi connectivity index (χ0) is 16.9. The Morgan fingerprint density at radius 2 is 2.08 bits per heavy atom. The first kappa shape index (κ1) is 15.7. The van der Waals surface area contributed by atoms with Crippen molar-refractivity contribution in [3.05, 3.63) is 69.9 Å². The van der Waals surface area contributed by atoms with Crippen LogP contribution in [0.4, 0.5) is 0 Å². The van der Waals surface area contributed by atoms with Crippen LogP contribution in [0.25, 0.3) is 0 Å². The first-order valence-electron chi connectivity index (χ1n) is 7.46. The molecular formula is C16H15N5O3. The molecule has 8 nitrogen and oxygen atoms in total. The minimum Gasteiger partial charge on any atom is -0.290 e. The topological polar surface area (TPSA) is 109 Å². The molecule has 3 rings (SSSR count). The van der Waals surface area contributed by atoms with Gasteiger partial charge in [0, 0.05) is 29.5 Å². The van der Waals surface area contributed by atoms with Crippen LogP contribution in [0.1, 0.15) is 24.4 Å². The third-order valence-electron chi connectivity index (χ3n) is 3.79. The first-order chi connectivity index (χ1) is 11.6. The lowest BCUT2D eigenvalue weighted by Gasteiger charge is -2.11. The number of hydrogen-bond acceptors (Lipinski definition) is 6. The number of hydrazone groups is 1. The second-order valence-electron chi connectivity index (χ2n) is 5.45. The predicted molar refractivity (Wildman–Crippen MR) is 86.9 cm³/mol. The lowest BCUT2D eigenvalue weighted by atomic mass is 9.97. The second-order valence-corrected chi connectivity index (χ2v) is 5.45. The number of allylic oxidation sites excluding steroid dienone is 1.